The van der Waals surface area contributed by atoms with Crippen LogP contribution in [0.1, 0.15) is 59.3 Å². The molecule has 0 spiro atoms. The second-order valence-corrected chi connectivity index (χ2v) is 10.1. The Hall–Kier alpha value is -1.11. The average Bonchev–Trinajstić information content (AvgIpc) is 2.89. The molecular weight excluding hydrogens is 363 g/mol. The monoisotopic (exact) mass is 394 g/mol. The molecule has 0 aliphatic heterocycles. The van der Waals surface area contributed by atoms with Crippen molar-refractivity contribution < 1.29 is 29.3 Å². The normalized spacial score (nSPS) is 53.1. The lowest BCUT2D eigenvalue weighted by molar-refractivity contribution is -0.228. The van der Waals surface area contributed by atoms with Crippen molar-refractivity contribution >= 4 is 11.6 Å². The number of ketones is 2. The summed E-state index contributed by atoms with van der Waals surface area (Å²) in [6, 6.07) is 0. The summed E-state index contributed by atoms with van der Waals surface area (Å²) in [6.07, 6.45) is 2.34. The lowest BCUT2D eigenvalue weighted by Gasteiger charge is -2.63. The Balaban J connectivity index is 1.80. The number of hydrogen-bond acceptors (Lipinski definition) is 5. The third kappa shape index (κ3) is 2.12. The molecule has 0 bridgehead atoms. The van der Waals surface area contributed by atoms with Crippen LogP contribution in [0.15, 0.2) is 11.6 Å². The molecule has 156 valence electrons. The third-order valence-corrected chi connectivity index (χ3v) is 9.11. The zero-order chi connectivity index (χ0) is 20.7. The third-order valence-electron chi connectivity index (χ3n) is 9.11. The number of aliphatic hydroxyl groups is 3. The molecular formula is C22H31FO5. The molecule has 4 rings (SSSR count). The zero-order valence-electron chi connectivity index (χ0n) is 16.9. The highest BCUT2D eigenvalue weighted by Crippen LogP contribution is 2.70. The van der Waals surface area contributed by atoms with Crippen LogP contribution >= 0.6 is 0 Å². The summed E-state index contributed by atoms with van der Waals surface area (Å²) in [5.41, 5.74) is -4.74. The Kier molecular flexibility index (Phi) is 4.29. The predicted octanol–water partition coefficient (Wildman–Crippen LogP) is 2.12. The molecule has 0 saturated heterocycles. The first-order valence-corrected chi connectivity index (χ1v) is 10.4. The average molecular weight is 394 g/mol. The quantitative estimate of drug-likeness (QED) is 0.667. The van der Waals surface area contributed by atoms with Crippen LogP contribution in [0, 0.1) is 28.6 Å². The molecule has 4 aliphatic rings. The van der Waals surface area contributed by atoms with Crippen molar-refractivity contribution in [2.75, 3.05) is 6.61 Å². The van der Waals surface area contributed by atoms with Crippen molar-refractivity contribution in [3.8, 4) is 0 Å². The summed E-state index contributed by atoms with van der Waals surface area (Å²) < 4.78 is 17.0. The smallest absolute Gasteiger partial charge is 0.190 e. The fourth-order valence-electron chi connectivity index (χ4n) is 7.49. The topological polar surface area (TPSA) is 94.8 Å². The molecule has 5 nitrogen and oxygen atoms in total. The molecule has 8 atom stereocenters. The van der Waals surface area contributed by atoms with Gasteiger partial charge in [0.15, 0.2) is 11.6 Å². The van der Waals surface area contributed by atoms with Crippen LogP contribution in [-0.2, 0) is 9.59 Å². The largest absolute Gasteiger partial charge is 0.390 e. The number of allylic oxidation sites excluding steroid dienone is 1. The number of halogens is 1. The molecule has 0 unspecified atom stereocenters. The van der Waals surface area contributed by atoms with Gasteiger partial charge in [-0.05, 0) is 50.5 Å². The molecule has 28 heavy (non-hydrogen) atoms. The van der Waals surface area contributed by atoms with E-state index in [0.29, 0.717) is 25.7 Å². The van der Waals surface area contributed by atoms with Crippen LogP contribution in [0.5, 0.6) is 0 Å². The first-order chi connectivity index (χ1) is 13.0. The Morgan fingerprint density at radius 1 is 1.25 bits per heavy atom. The fourth-order valence-corrected chi connectivity index (χ4v) is 7.49. The summed E-state index contributed by atoms with van der Waals surface area (Å²) in [4.78, 5) is 24.6. The van der Waals surface area contributed by atoms with Crippen LogP contribution in [0.4, 0.5) is 4.39 Å². The number of carbonyl (C=O) groups excluding carboxylic acids is 2. The van der Waals surface area contributed by atoms with E-state index in [1.807, 2.05) is 6.92 Å². The van der Waals surface area contributed by atoms with E-state index in [2.05, 4.69) is 0 Å². The number of alkyl halides is 1. The molecule has 0 radical (unpaired) electrons. The van der Waals surface area contributed by atoms with Crippen molar-refractivity contribution in [2.24, 2.45) is 28.6 Å². The first kappa shape index (κ1) is 20.2. The number of hydrogen-bond donors (Lipinski definition) is 3. The highest BCUT2D eigenvalue weighted by molar-refractivity contribution is 5.93. The Bertz CT molecular complexity index is 764. The molecule has 3 saturated carbocycles. The van der Waals surface area contributed by atoms with Gasteiger partial charge in [-0.25, -0.2) is 4.39 Å². The van der Waals surface area contributed by atoms with Gasteiger partial charge in [0, 0.05) is 22.7 Å². The van der Waals surface area contributed by atoms with E-state index < -0.39 is 46.5 Å². The highest BCUT2D eigenvalue weighted by atomic mass is 19.1. The molecule has 0 aromatic carbocycles. The summed E-state index contributed by atoms with van der Waals surface area (Å²) in [7, 11) is 0. The second kappa shape index (κ2) is 5.96. The van der Waals surface area contributed by atoms with Gasteiger partial charge < -0.3 is 15.3 Å². The van der Waals surface area contributed by atoms with Crippen molar-refractivity contribution in [1.82, 2.24) is 0 Å². The highest BCUT2D eigenvalue weighted by Gasteiger charge is 2.74. The molecule has 4 aliphatic carbocycles. The van der Waals surface area contributed by atoms with Gasteiger partial charge in [-0.15, -0.1) is 0 Å². The van der Waals surface area contributed by atoms with Gasteiger partial charge in [-0.2, -0.15) is 0 Å². The van der Waals surface area contributed by atoms with Crippen LogP contribution in [0.25, 0.3) is 0 Å². The SMILES string of the molecule is C[C@@H]1C[C@]2(C)C(=CC1=O)CC[C@@H]1[C@@H]3CC[C@](O)(C(=O)CO)[C@]3(C)C[C@@H](O)[C@@]12F. The minimum Gasteiger partial charge on any atom is -0.390 e. The van der Waals surface area contributed by atoms with E-state index in [1.54, 1.807) is 19.9 Å². The van der Waals surface area contributed by atoms with Crippen molar-refractivity contribution in [3.05, 3.63) is 11.6 Å². The van der Waals surface area contributed by atoms with E-state index in [-0.39, 0.29) is 30.5 Å². The number of aliphatic hydroxyl groups excluding tert-OH is 2. The lowest BCUT2D eigenvalue weighted by atomic mass is 9.43. The standard InChI is InChI=1S/C22H31FO5/c1-12-9-19(2)13(8-16(12)25)4-5-15-14-6-7-21(28,18(27)11-24)20(14,3)10-17(26)22(15,19)23/h8,12,14-15,17,24,26,28H,4-7,9-11H2,1-3H3/t12-,14+,15-,17-,19-,20-,21+,22+/m1/s1. The van der Waals surface area contributed by atoms with Gasteiger partial charge in [0.25, 0.3) is 0 Å². The van der Waals surface area contributed by atoms with E-state index in [9.17, 15) is 24.9 Å². The summed E-state index contributed by atoms with van der Waals surface area (Å²) in [5, 5.41) is 31.7. The second-order valence-electron chi connectivity index (χ2n) is 10.1. The minimum absolute atomic E-state index is 0.0217. The van der Waals surface area contributed by atoms with E-state index in [1.165, 1.54) is 0 Å². The molecule has 3 N–H and O–H groups in total. The van der Waals surface area contributed by atoms with Gasteiger partial charge in [-0.3, -0.25) is 9.59 Å². The maximum atomic E-state index is 17.0. The van der Waals surface area contributed by atoms with E-state index in [4.69, 9.17) is 0 Å². The Morgan fingerprint density at radius 3 is 2.57 bits per heavy atom. The van der Waals surface area contributed by atoms with Gasteiger partial charge in [0.1, 0.15) is 17.9 Å². The van der Waals surface area contributed by atoms with Gasteiger partial charge in [0.05, 0.1) is 6.10 Å². The number of carbonyl (C=O) groups is 2. The maximum Gasteiger partial charge on any atom is 0.190 e. The molecule has 0 heterocycles. The molecule has 0 amide bonds. The Labute approximate surface area is 165 Å². The van der Waals surface area contributed by atoms with E-state index in [0.717, 1.165) is 5.57 Å². The minimum atomic E-state index is -1.90. The first-order valence-electron chi connectivity index (χ1n) is 10.4. The van der Waals surface area contributed by atoms with Crippen molar-refractivity contribution in [3.63, 3.8) is 0 Å². The number of rotatable bonds is 2. The summed E-state index contributed by atoms with van der Waals surface area (Å²) in [5.74, 6) is -1.67. The number of fused-ring (bicyclic) bond motifs is 5. The van der Waals surface area contributed by atoms with Crippen LogP contribution < -0.4 is 0 Å². The zero-order valence-corrected chi connectivity index (χ0v) is 16.9. The van der Waals surface area contributed by atoms with Crippen LogP contribution in [-0.4, -0.2) is 50.9 Å². The summed E-state index contributed by atoms with van der Waals surface area (Å²) >= 11 is 0. The summed E-state index contributed by atoms with van der Waals surface area (Å²) in [6.45, 7) is 4.65. The predicted molar refractivity (Wildman–Crippen MR) is 100 cm³/mol. The molecule has 6 heteroatoms. The molecule has 0 aromatic rings. The lowest BCUT2D eigenvalue weighted by Crippen LogP contribution is -2.69. The Morgan fingerprint density at radius 2 is 1.93 bits per heavy atom. The van der Waals surface area contributed by atoms with E-state index >= 15 is 4.39 Å². The van der Waals surface area contributed by atoms with Crippen molar-refractivity contribution in [2.45, 2.75) is 76.7 Å². The van der Waals surface area contributed by atoms with Gasteiger partial charge in [0.2, 0.25) is 0 Å². The fraction of sp³-hybridized carbons (Fsp3) is 0.818. The molecule has 0 aromatic heterocycles. The van der Waals surface area contributed by atoms with Crippen molar-refractivity contribution in [1.29, 1.82) is 0 Å². The van der Waals surface area contributed by atoms with Crippen LogP contribution in [0.2, 0.25) is 0 Å². The maximum absolute atomic E-state index is 17.0. The number of Topliss-reactive ketones (excluding diaryl/α,β-unsaturated/α-hetero) is 1. The van der Waals surface area contributed by atoms with Gasteiger partial charge >= 0.3 is 0 Å². The van der Waals surface area contributed by atoms with Gasteiger partial charge in [-0.1, -0.05) is 26.3 Å². The van der Waals surface area contributed by atoms with Crippen LogP contribution in [0.3, 0.4) is 0 Å². The molecule has 3 fully saturated rings.